The molecule has 0 N–H and O–H groups in total. The number of hydrogen-bond acceptors (Lipinski definition) is 2. The first-order chi connectivity index (χ1) is 10.4. The number of fused-ring (bicyclic) bond motifs is 2. The molecule has 108 valence electrons. The second-order valence-electron chi connectivity index (χ2n) is 6.56. The Morgan fingerprint density at radius 1 is 0.905 bits per heavy atom. The van der Waals surface area contributed by atoms with Gasteiger partial charge in [-0.1, -0.05) is 36.4 Å². The van der Waals surface area contributed by atoms with Crippen LogP contribution in [0.15, 0.2) is 48.7 Å². The lowest BCUT2D eigenvalue weighted by atomic mass is 9.69. The standard InChI is InChI=1S/C19H22N2/c1-2-6-16(7-3-1)18-9-8-17(14-20-18)19-10-4-12-21(15-19)13-5-11-19/h1-3,6-9,14H,4-5,10-13,15H2. The van der Waals surface area contributed by atoms with Gasteiger partial charge < -0.3 is 4.90 Å². The molecule has 2 aliphatic rings. The zero-order valence-corrected chi connectivity index (χ0v) is 12.5. The van der Waals surface area contributed by atoms with Gasteiger partial charge in [0, 0.05) is 23.7 Å². The maximum Gasteiger partial charge on any atom is 0.0702 e. The largest absolute Gasteiger partial charge is 0.302 e. The first-order valence-electron chi connectivity index (χ1n) is 8.10. The van der Waals surface area contributed by atoms with Gasteiger partial charge in [-0.2, -0.15) is 0 Å². The predicted molar refractivity (Wildman–Crippen MR) is 86.3 cm³/mol. The van der Waals surface area contributed by atoms with Crippen LogP contribution in [0.1, 0.15) is 31.2 Å². The maximum absolute atomic E-state index is 4.75. The second kappa shape index (κ2) is 5.27. The van der Waals surface area contributed by atoms with Crippen LogP contribution < -0.4 is 0 Å². The van der Waals surface area contributed by atoms with Gasteiger partial charge in [0.15, 0.2) is 0 Å². The average molecular weight is 278 g/mol. The second-order valence-corrected chi connectivity index (χ2v) is 6.56. The molecule has 0 aliphatic carbocycles. The summed E-state index contributed by atoms with van der Waals surface area (Å²) in [5.74, 6) is 0. The number of piperidine rings is 2. The highest BCUT2D eigenvalue weighted by Gasteiger charge is 2.39. The van der Waals surface area contributed by atoms with Crippen LogP contribution in [0.3, 0.4) is 0 Å². The number of rotatable bonds is 2. The van der Waals surface area contributed by atoms with E-state index in [4.69, 9.17) is 4.98 Å². The Morgan fingerprint density at radius 3 is 2.33 bits per heavy atom. The lowest BCUT2D eigenvalue weighted by Crippen LogP contribution is -2.50. The summed E-state index contributed by atoms with van der Waals surface area (Å²) in [6.45, 7) is 3.81. The molecule has 0 saturated carbocycles. The number of pyridine rings is 1. The minimum absolute atomic E-state index is 0.374. The van der Waals surface area contributed by atoms with Gasteiger partial charge in [-0.15, -0.1) is 0 Å². The highest BCUT2D eigenvalue weighted by molar-refractivity contribution is 5.58. The fourth-order valence-corrected chi connectivity index (χ4v) is 4.13. The minimum Gasteiger partial charge on any atom is -0.302 e. The van der Waals surface area contributed by atoms with Crippen LogP contribution in [0.25, 0.3) is 11.3 Å². The predicted octanol–water partition coefficient (Wildman–Crippen LogP) is 3.88. The number of benzene rings is 1. The summed E-state index contributed by atoms with van der Waals surface area (Å²) in [6, 6.07) is 15.0. The van der Waals surface area contributed by atoms with E-state index in [0.717, 1.165) is 5.69 Å². The third-order valence-corrected chi connectivity index (χ3v) is 5.23. The molecule has 0 atom stereocenters. The first-order valence-corrected chi connectivity index (χ1v) is 8.10. The molecule has 2 heteroatoms. The van der Waals surface area contributed by atoms with Crippen molar-refractivity contribution in [2.75, 3.05) is 19.6 Å². The van der Waals surface area contributed by atoms with Crippen LogP contribution in [-0.2, 0) is 5.41 Å². The van der Waals surface area contributed by atoms with Crippen molar-refractivity contribution in [2.45, 2.75) is 31.1 Å². The summed E-state index contributed by atoms with van der Waals surface area (Å²) in [7, 11) is 0. The maximum atomic E-state index is 4.75. The van der Waals surface area contributed by atoms with Gasteiger partial charge in [0.25, 0.3) is 0 Å². The van der Waals surface area contributed by atoms with Gasteiger partial charge in [-0.3, -0.25) is 4.98 Å². The quantitative estimate of drug-likeness (QED) is 0.829. The van der Waals surface area contributed by atoms with E-state index in [1.807, 2.05) is 0 Å². The van der Waals surface area contributed by atoms with E-state index in [9.17, 15) is 0 Å². The fourth-order valence-electron chi connectivity index (χ4n) is 4.13. The fraction of sp³-hybridized carbons (Fsp3) is 0.421. The molecule has 0 unspecified atom stereocenters. The molecule has 0 spiro atoms. The molecule has 21 heavy (non-hydrogen) atoms. The Balaban J connectivity index is 1.64. The molecular formula is C19H22N2. The zero-order valence-electron chi connectivity index (χ0n) is 12.5. The summed E-state index contributed by atoms with van der Waals surface area (Å²) >= 11 is 0. The SMILES string of the molecule is c1ccc(-c2ccc(C34CCCN(CCC3)C4)cn2)cc1. The molecule has 4 rings (SSSR count). The van der Waals surface area contributed by atoms with E-state index < -0.39 is 0 Å². The van der Waals surface area contributed by atoms with Crippen molar-refractivity contribution in [3.8, 4) is 11.3 Å². The molecular weight excluding hydrogens is 256 g/mol. The van der Waals surface area contributed by atoms with Gasteiger partial charge in [-0.05, 0) is 50.4 Å². The number of aromatic nitrogens is 1. The Morgan fingerprint density at radius 2 is 1.67 bits per heavy atom. The molecule has 1 aromatic carbocycles. The van der Waals surface area contributed by atoms with Crippen molar-refractivity contribution >= 4 is 0 Å². The molecule has 2 saturated heterocycles. The molecule has 3 heterocycles. The monoisotopic (exact) mass is 278 g/mol. The van der Waals surface area contributed by atoms with E-state index in [0.29, 0.717) is 5.41 Å². The van der Waals surface area contributed by atoms with Crippen LogP contribution in [-0.4, -0.2) is 29.5 Å². The first kappa shape index (κ1) is 13.0. The van der Waals surface area contributed by atoms with Gasteiger partial charge in [-0.25, -0.2) is 0 Å². The van der Waals surface area contributed by atoms with Gasteiger partial charge in [0.05, 0.1) is 5.69 Å². The summed E-state index contributed by atoms with van der Waals surface area (Å²) < 4.78 is 0. The third-order valence-electron chi connectivity index (χ3n) is 5.23. The van der Waals surface area contributed by atoms with E-state index in [1.54, 1.807) is 0 Å². The average Bonchev–Trinajstić information content (AvgIpc) is 2.56. The van der Waals surface area contributed by atoms with Crippen LogP contribution in [0.2, 0.25) is 0 Å². The molecule has 2 nitrogen and oxygen atoms in total. The normalized spacial score (nSPS) is 28.3. The highest BCUT2D eigenvalue weighted by Crippen LogP contribution is 2.41. The van der Waals surface area contributed by atoms with E-state index in [-0.39, 0.29) is 0 Å². The smallest absolute Gasteiger partial charge is 0.0702 e. The van der Waals surface area contributed by atoms with E-state index in [2.05, 4.69) is 53.6 Å². The lowest BCUT2D eigenvalue weighted by molar-refractivity contribution is 0.0941. The summed E-state index contributed by atoms with van der Waals surface area (Å²) in [6.07, 6.45) is 7.46. The molecule has 0 radical (unpaired) electrons. The van der Waals surface area contributed by atoms with Gasteiger partial charge >= 0.3 is 0 Å². The van der Waals surface area contributed by atoms with Crippen LogP contribution in [0.4, 0.5) is 0 Å². The van der Waals surface area contributed by atoms with E-state index >= 15 is 0 Å². The molecule has 2 aliphatic heterocycles. The van der Waals surface area contributed by atoms with Crippen molar-refractivity contribution in [3.05, 3.63) is 54.2 Å². The Labute approximate surface area is 126 Å². The van der Waals surface area contributed by atoms with Crippen molar-refractivity contribution < 1.29 is 0 Å². The van der Waals surface area contributed by atoms with Crippen LogP contribution in [0.5, 0.6) is 0 Å². The Bertz CT molecular complexity index is 593. The van der Waals surface area contributed by atoms with Crippen LogP contribution in [0, 0.1) is 0 Å². The minimum atomic E-state index is 0.374. The molecule has 2 aromatic rings. The van der Waals surface area contributed by atoms with Gasteiger partial charge in [0.1, 0.15) is 0 Å². The summed E-state index contributed by atoms with van der Waals surface area (Å²) in [5, 5.41) is 0. The molecule has 2 fully saturated rings. The lowest BCUT2D eigenvalue weighted by Gasteiger charge is -2.47. The molecule has 1 aromatic heterocycles. The van der Waals surface area contributed by atoms with Crippen molar-refractivity contribution in [1.82, 2.24) is 9.88 Å². The Hall–Kier alpha value is -1.67. The Kier molecular flexibility index (Phi) is 3.27. The number of hydrogen-bond donors (Lipinski definition) is 0. The third kappa shape index (κ3) is 2.38. The zero-order chi connectivity index (χ0) is 14.1. The molecule has 2 bridgehead atoms. The highest BCUT2D eigenvalue weighted by atomic mass is 15.1. The number of nitrogens with zero attached hydrogens (tertiary/aromatic N) is 2. The summed E-state index contributed by atoms with van der Waals surface area (Å²) in [4.78, 5) is 7.38. The van der Waals surface area contributed by atoms with Crippen molar-refractivity contribution in [1.29, 1.82) is 0 Å². The topological polar surface area (TPSA) is 16.1 Å². The van der Waals surface area contributed by atoms with E-state index in [1.165, 1.54) is 56.4 Å². The summed E-state index contributed by atoms with van der Waals surface area (Å²) in [5.41, 5.74) is 4.11. The van der Waals surface area contributed by atoms with Crippen molar-refractivity contribution in [3.63, 3.8) is 0 Å². The van der Waals surface area contributed by atoms with Crippen molar-refractivity contribution in [2.24, 2.45) is 0 Å². The molecule has 0 amide bonds. The van der Waals surface area contributed by atoms with Crippen LogP contribution >= 0.6 is 0 Å². The van der Waals surface area contributed by atoms with Gasteiger partial charge in [0.2, 0.25) is 0 Å².